The molecule has 26 heavy (non-hydrogen) atoms. The Kier molecular flexibility index (Phi) is 6.78. The van der Waals surface area contributed by atoms with Crippen molar-refractivity contribution in [2.75, 3.05) is 14.2 Å². The van der Waals surface area contributed by atoms with Crippen LogP contribution in [0.1, 0.15) is 23.6 Å². The summed E-state index contributed by atoms with van der Waals surface area (Å²) in [4.78, 5) is 26.7. The summed E-state index contributed by atoms with van der Waals surface area (Å²) >= 11 is 0. The first-order chi connectivity index (χ1) is 12.5. The van der Waals surface area contributed by atoms with Crippen LogP contribution in [-0.2, 0) is 22.6 Å². The minimum atomic E-state index is -0.557. The van der Waals surface area contributed by atoms with Gasteiger partial charge in [-0.15, -0.1) is 0 Å². The van der Waals surface area contributed by atoms with Gasteiger partial charge >= 0.3 is 0 Å². The van der Waals surface area contributed by atoms with Gasteiger partial charge in [-0.1, -0.05) is 36.4 Å². The van der Waals surface area contributed by atoms with Crippen molar-refractivity contribution in [2.24, 2.45) is 0 Å². The van der Waals surface area contributed by atoms with E-state index in [4.69, 9.17) is 4.74 Å². The zero-order valence-electron chi connectivity index (χ0n) is 15.8. The van der Waals surface area contributed by atoms with E-state index < -0.39 is 6.04 Å². The van der Waals surface area contributed by atoms with E-state index in [9.17, 15) is 9.59 Å². The lowest BCUT2D eigenvalue weighted by molar-refractivity contribution is -0.139. The van der Waals surface area contributed by atoms with Gasteiger partial charge in [0.25, 0.3) is 0 Å². The maximum absolute atomic E-state index is 13.0. The monoisotopic (exact) mass is 354 g/mol. The van der Waals surface area contributed by atoms with E-state index in [1.807, 2.05) is 55.5 Å². The van der Waals surface area contributed by atoms with Gasteiger partial charge in [0, 0.05) is 13.6 Å². The summed E-state index contributed by atoms with van der Waals surface area (Å²) < 4.78 is 5.17. The predicted octanol–water partition coefficient (Wildman–Crippen LogP) is 2.71. The second kappa shape index (κ2) is 9.04. The van der Waals surface area contributed by atoms with Crippen molar-refractivity contribution in [1.82, 2.24) is 10.2 Å². The maximum atomic E-state index is 13.0. The molecule has 0 bridgehead atoms. The fourth-order valence-electron chi connectivity index (χ4n) is 2.79. The van der Waals surface area contributed by atoms with E-state index >= 15 is 0 Å². The lowest BCUT2D eigenvalue weighted by atomic mass is 10.0. The van der Waals surface area contributed by atoms with Crippen LogP contribution in [0.25, 0.3) is 0 Å². The first-order valence-electron chi connectivity index (χ1n) is 8.64. The Morgan fingerprint density at radius 1 is 1.12 bits per heavy atom. The number of benzene rings is 2. The Labute approximate surface area is 155 Å². The number of carbonyl (C=O) groups excluding carboxylic acids is 2. The molecule has 1 atom stereocenters. The lowest BCUT2D eigenvalue weighted by Gasteiger charge is -2.28. The van der Waals surface area contributed by atoms with Crippen LogP contribution in [0, 0.1) is 6.92 Å². The number of hydrogen-bond donors (Lipinski definition) is 1. The van der Waals surface area contributed by atoms with Crippen LogP contribution < -0.4 is 10.1 Å². The number of aryl methyl sites for hydroxylation is 1. The van der Waals surface area contributed by atoms with E-state index in [1.54, 1.807) is 26.0 Å². The highest BCUT2D eigenvalue weighted by atomic mass is 16.5. The zero-order valence-corrected chi connectivity index (χ0v) is 15.8. The van der Waals surface area contributed by atoms with Crippen molar-refractivity contribution in [3.8, 4) is 5.75 Å². The highest BCUT2D eigenvalue weighted by molar-refractivity contribution is 5.88. The van der Waals surface area contributed by atoms with Gasteiger partial charge in [-0.05, 0) is 42.7 Å². The number of rotatable bonds is 7. The molecule has 0 aliphatic rings. The van der Waals surface area contributed by atoms with Crippen LogP contribution in [-0.4, -0.2) is 36.9 Å². The quantitative estimate of drug-likeness (QED) is 0.832. The van der Waals surface area contributed by atoms with Gasteiger partial charge in [0.1, 0.15) is 11.8 Å². The smallest absolute Gasteiger partial charge is 0.242 e. The molecule has 0 aromatic heterocycles. The summed E-state index contributed by atoms with van der Waals surface area (Å²) in [5.74, 6) is 0.494. The van der Waals surface area contributed by atoms with Crippen LogP contribution in [0.3, 0.4) is 0 Å². The topological polar surface area (TPSA) is 58.6 Å². The molecular weight excluding hydrogens is 328 g/mol. The molecule has 0 saturated carbocycles. The molecular formula is C21H26N2O3. The minimum absolute atomic E-state index is 0.0776. The van der Waals surface area contributed by atoms with Crippen molar-refractivity contribution >= 4 is 11.8 Å². The number of nitrogens with one attached hydrogen (secondary N) is 1. The Morgan fingerprint density at radius 2 is 1.77 bits per heavy atom. The van der Waals surface area contributed by atoms with Gasteiger partial charge in [-0.2, -0.15) is 0 Å². The normalized spacial score (nSPS) is 11.5. The number of ether oxygens (including phenoxy) is 1. The fraction of sp³-hybridized carbons (Fsp3) is 0.333. The van der Waals surface area contributed by atoms with Crippen LogP contribution in [0.15, 0.2) is 48.5 Å². The first-order valence-corrected chi connectivity index (χ1v) is 8.64. The Bertz CT molecular complexity index is 756. The molecule has 0 spiro atoms. The molecule has 138 valence electrons. The molecule has 2 aromatic rings. The molecule has 0 aliphatic heterocycles. The zero-order chi connectivity index (χ0) is 19.1. The molecule has 5 nitrogen and oxygen atoms in total. The van der Waals surface area contributed by atoms with Crippen molar-refractivity contribution < 1.29 is 14.3 Å². The summed E-state index contributed by atoms with van der Waals surface area (Å²) in [6, 6.07) is 14.8. The van der Waals surface area contributed by atoms with Gasteiger partial charge in [0.2, 0.25) is 11.8 Å². The minimum Gasteiger partial charge on any atom is -0.497 e. The number of nitrogens with zero attached hydrogens (tertiary/aromatic N) is 1. The van der Waals surface area contributed by atoms with Gasteiger partial charge in [-0.3, -0.25) is 9.59 Å². The summed E-state index contributed by atoms with van der Waals surface area (Å²) in [5.41, 5.74) is 2.99. The number of likely N-dealkylation sites (N-methyl/N-ethyl adjacent to an activating group) is 1. The molecule has 0 heterocycles. The number of carbonyl (C=O) groups is 2. The summed E-state index contributed by atoms with van der Waals surface area (Å²) in [5, 5.41) is 2.63. The number of hydrogen-bond acceptors (Lipinski definition) is 3. The van der Waals surface area contributed by atoms with Gasteiger partial charge in [0.15, 0.2) is 0 Å². The standard InChI is InChI=1S/C21H26N2O3/c1-15-7-5-6-8-18(15)13-20(24)23(16(2)21(25)22-3)14-17-9-11-19(26-4)12-10-17/h5-12,16H,13-14H2,1-4H3,(H,22,25)/t16-/m0/s1. The number of amides is 2. The summed E-state index contributed by atoms with van der Waals surface area (Å²) in [6.45, 7) is 4.10. The van der Waals surface area contributed by atoms with Crippen LogP contribution in [0.5, 0.6) is 5.75 Å². The molecule has 0 aliphatic carbocycles. The molecule has 1 N–H and O–H groups in total. The van der Waals surface area contributed by atoms with Crippen LogP contribution >= 0.6 is 0 Å². The van der Waals surface area contributed by atoms with Crippen molar-refractivity contribution in [2.45, 2.75) is 32.9 Å². The van der Waals surface area contributed by atoms with Crippen molar-refractivity contribution in [3.63, 3.8) is 0 Å². The molecule has 2 aromatic carbocycles. The second-order valence-electron chi connectivity index (χ2n) is 6.26. The Morgan fingerprint density at radius 3 is 2.35 bits per heavy atom. The summed E-state index contributed by atoms with van der Waals surface area (Å²) in [6.07, 6.45) is 0.268. The molecule has 2 rings (SSSR count). The fourth-order valence-corrected chi connectivity index (χ4v) is 2.79. The molecule has 2 amide bonds. The number of methoxy groups -OCH3 is 1. The van der Waals surface area contributed by atoms with Gasteiger partial charge in [0.05, 0.1) is 13.5 Å². The first kappa shape index (κ1) is 19.5. The third-order valence-corrected chi connectivity index (χ3v) is 4.53. The SMILES string of the molecule is CNC(=O)[C@H](C)N(Cc1ccc(OC)cc1)C(=O)Cc1ccccc1C. The third kappa shape index (κ3) is 4.85. The molecule has 0 unspecified atom stereocenters. The highest BCUT2D eigenvalue weighted by Crippen LogP contribution is 2.17. The van der Waals surface area contributed by atoms with E-state index in [-0.39, 0.29) is 18.2 Å². The van der Waals surface area contributed by atoms with Gasteiger partial charge < -0.3 is 15.0 Å². The molecule has 0 radical (unpaired) electrons. The third-order valence-electron chi connectivity index (χ3n) is 4.53. The summed E-state index contributed by atoms with van der Waals surface area (Å²) in [7, 11) is 3.19. The predicted molar refractivity (Wildman–Crippen MR) is 102 cm³/mol. The lowest BCUT2D eigenvalue weighted by Crippen LogP contribution is -2.47. The van der Waals surface area contributed by atoms with E-state index in [0.717, 1.165) is 22.4 Å². The molecule has 5 heteroatoms. The molecule has 0 fully saturated rings. The highest BCUT2D eigenvalue weighted by Gasteiger charge is 2.25. The van der Waals surface area contributed by atoms with Crippen LogP contribution in [0.4, 0.5) is 0 Å². The Balaban J connectivity index is 2.23. The van der Waals surface area contributed by atoms with E-state index in [2.05, 4.69) is 5.32 Å². The average Bonchev–Trinajstić information content (AvgIpc) is 2.67. The average molecular weight is 354 g/mol. The van der Waals surface area contributed by atoms with Crippen LogP contribution in [0.2, 0.25) is 0 Å². The van der Waals surface area contributed by atoms with Crippen molar-refractivity contribution in [1.29, 1.82) is 0 Å². The van der Waals surface area contributed by atoms with Gasteiger partial charge in [-0.25, -0.2) is 0 Å². The second-order valence-corrected chi connectivity index (χ2v) is 6.26. The molecule has 0 saturated heterocycles. The maximum Gasteiger partial charge on any atom is 0.242 e. The van der Waals surface area contributed by atoms with E-state index in [1.165, 1.54) is 0 Å². The largest absolute Gasteiger partial charge is 0.497 e. The van der Waals surface area contributed by atoms with Crippen molar-refractivity contribution in [3.05, 3.63) is 65.2 Å². The van der Waals surface area contributed by atoms with E-state index in [0.29, 0.717) is 6.54 Å². The Hall–Kier alpha value is -2.82.